The Morgan fingerprint density at radius 3 is 2.76 bits per heavy atom. The van der Waals surface area contributed by atoms with Gasteiger partial charge in [0.1, 0.15) is 5.01 Å². The van der Waals surface area contributed by atoms with Crippen molar-refractivity contribution in [2.45, 2.75) is 18.8 Å². The van der Waals surface area contributed by atoms with Gasteiger partial charge in [0, 0.05) is 33.9 Å². The van der Waals surface area contributed by atoms with Crippen molar-refractivity contribution in [2.75, 3.05) is 0 Å². The van der Waals surface area contributed by atoms with Gasteiger partial charge in [-0.1, -0.05) is 29.8 Å². The van der Waals surface area contributed by atoms with Crippen LogP contribution in [0.3, 0.4) is 0 Å². The van der Waals surface area contributed by atoms with Gasteiger partial charge in [0.2, 0.25) is 0 Å². The Morgan fingerprint density at radius 1 is 1.10 bits per heavy atom. The SMILES string of the molecule is Clc1ccccc1-c1csc(-c2cnccc2C2CC2)n1. The molecule has 104 valence electrons. The summed E-state index contributed by atoms with van der Waals surface area (Å²) in [5.74, 6) is 0.690. The Hall–Kier alpha value is -1.71. The lowest BCUT2D eigenvalue weighted by atomic mass is 10.1. The Kier molecular flexibility index (Phi) is 3.24. The molecule has 3 aromatic rings. The zero-order valence-electron chi connectivity index (χ0n) is 11.3. The van der Waals surface area contributed by atoms with E-state index in [1.165, 1.54) is 24.0 Å². The first-order valence-corrected chi connectivity index (χ1v) is 8.23. The zero-order valence-corrected chi connectivity index (χ0v) is 12.9. The van der Waals surface area contributed by atoms with Crippen LogP contribution in [0.5, 0.6) is 0 Å². The number of rotatable bonds is 3. The summed E-state index contributed by atoms with van der Waals surface area (Å²) in [5, 5.41) is 3.84. The molecule has 2 nitrogen and oxygen atoms in total. The molecule has 1 aromatic carbocycles. The molecular formula is C17H13ClN2S. The molecule has 0 N–H and O–H groups in total. The second-order valence-electron chi connectivity index (χ2n) is 5.25. The van der Waals surface area contributed by atoms with Gasteiger partial charge < -0.3 is 0 Å². The average molecular weight is 313 g/mol. The summed E-state index contributed by atoms with van der Waals surface area (Å²) in [6, 6.07) is 9.96. The zero-order chi connectivity index (χ0) is 14.2. The van der Waals surface area contributed by atoms with Gasteiger partial charge >= 0.3 is 0 Å². The number of hydrogen-bond acceptors (Lipinski definition) is 3. The molecule has 1 fully saturated rings. The van der Waals surface area contributed by atoms with Crippen LogP contribution in [0.2, 0.25) is 5.02 Å². The molecule has 0 unspecified atom stereocenters. The fourth-order valence-corrected chi connectivity index (χ4v) is 3.61. The number of thiazole rings is 1. The summed E-state index contributed by atoms with van der Waals surface area (Å²) in [6.07, 6.45) is 6.36. The third-order valence-electron chi connectivity index (χ3n) is 3.76. The highest BCUT2D eigenvalue weighted by atomic mass is 35.5. The highest BCUT2D eigenvalue weighted by molar-refractivity contribution is 7.13. The van der Waals surface area contributed by atoms with E-state index < -0.39 is 0 Å². The number of aromatic nitrogens is 2. The normalized spacial score (nSPS) is 14.3. The van der Waals surface area contributed by atoms with Crippen molar-refractivity contribution in [3.05, 3.63) is 58.7 Å². The van der Waals surface area contributed by atoms with Crippen molar-refractivity contribution >= 4 is 22.9 Å². The summed E-state index contributed by atoms with van der Waals surface area (Å²) in [5.41, 5.74) is 4.47. The van der Waals surface area contributed by atoms with Gasteiger partial charge in [-0.25, -0.2) is 4.98 Å². The van der Waals surface area contributed by atoms with Crippen molar-refractivity contribution in [1.82, 2.24) is 9.97 Å². The number of halogens is 1. The van der Waals surface area contributed by atoms with Gasteiger partial charge in [-0.15, -0.1) is 11.3 Å². The van der Waals surface area contributed by atoms with Gasteiger partial charge in [0.05, 0.1) is 5.69 Å². The maximum Gasteiger partial charge on any atom is 0.125 e. The van der Waals surface area contributed by atoms with Crippen LogP contribution in [-0.4, -0.2) is 9.97 Å². The Morgan fingerprint density at radius 2 is 1.95 bits per heavy atom. The van der Waals surface area contributed by atoms with Crippen molar-refractivity contribution in [3.8, 4) is 21.8 Å². The molecule has 0 bridgehead atoms. The molecule has 1 aliphatic carbocycles. The minimum atomic E-state index is 0.690. The van der Waals surface area contributed by atoms with E-state index in [1.54, 1.807) is 11.3 Å². The summed E-state index contributed by atoms with van der Waals surface area (Å²) in [4.78, 5) is 9.05. The topological polar surface area (TPSA) is 25.8 Å². The molecule has 2 heterocycles. The second-order valence-corrected chi connectivity index (χ2v) is 6.52. The molecule has 2 aromatic heterocycles. The lowest BCUT2D eigenvalue weighted by Gasteiger charge is -2.04. The molecule has 0 aliphatic heterocycles. The van der Waals surface area contributed by atoms with Crippen molar-refractivity contribution in [2.24, 2.45) is 0 Å². The number of benzene rings is 1. The highest BCUT2D eigenvalue weighted by Gasteiger charge is 2.27. The van der Waals surface area contributed by atoms with E-state index in [0.29, 0.717) is 5.92 Å². The maximum absolute atomic E-state index is 6.26. The van der Waals surface area contributed by atoms with Crippen LogP contribution >= 0.6 is 22.9 Å². The number of nitrogens with zero attached hydrogens (tertiary/aromatic N) is 2. The molecule has 21 heavy (non-hydrogen) atoms. The monoisotopic (exact) mass is 312 g/mol. The van der Waals surface area contributed by atoms with Crippen LogP contribution in [0.1, 0.15) is 24.3 Å². The lowest BCUT2D eigenvalue weighted by Crippen LogP contribution is -1.88. The van der Waals surface area contributed by atoms with E-state index in [-0.39, 0.29) is 0 Å². The van der Waals surface area contributed by atoms with Crippen LogP contribution in [-0.2, 0) is 0 Å². The summed E-state index contributed by atoms with van der Waals surface area (Å²) < 4.78 is 0. The lowest BCUT2D eigenvalue weighted by molar-refractivity contribution is 1.11. The maximum atomic E-state index is 6.26. The van der Waals surface area contributed by atoms with Crippen LogP contribution in [0.15, 0.2) is 48.1 Å². The minimum Gasteiger partial charge on any atom is -0.264 e. The Balaban J connectivity index is 1.77. The van der Waals surface area contributed by atoms with E-state index >= 15 is 0 Å². The second kappa shape index (κ2) is 5.24. The Bertz CT molecular complexity index is 793. The van der Waals surface area contributed by atoms with E-state index in [1.807, 2.05) is 36.7 Å². The predicted octanol–water partition coefficient (Wildman–Crippen LogP) is 5.40. The van der Waals surface area contributed by atoms with Crippen LogP contribution in [0.25, 0.3) is 21.8 Å². The quantitative estimate of drug-likeness (QED) is 0.647. The van der Waals surface area contributed by atoms with Gasteiger partial charge in [-0.05, 0) is 36.5 Å². The third kappa shape index (κ3) is 2.47. The van der Waals surface area contributed by atoms with Gasteiger partial charge in [0.15, 0.2) is 0 Å². The molecule has 4 rings (SSSR count). The van der Waals surface area contributed by atoms with Crippen LogP contribution in [0.4, 0.5) is 0 Å². The van der Waals surface area contributed by atoms with Crippen molar-refractivity contribution in [3.63, 3.8) is 0 Å². The van der Waals surface area contributed by atoms with Gasteiger partial charge in [-0.3, -0.25) is 4.98 Å². The van der Waals surface area contributed by atoms with Gasteiger partial charge in [0.25, 0.3) is 0 Å². The van der Waals surface area contributed by atoms with E-state index in [2.05, 4.69) is 16.4 Å². The predicted molar refractivity (Wildman–Crippen MR) is 87.8 cm³/mol. The molecule has 0 amide bonds. The molecule has 4 heteroatoms. The average Bonchev–Trinajstić information content (AvgIpc) is 3.25. The summed E-state index contributed by atoms with van der Waals surface area (Å²) in [6.45, 7) is 0. The van der Waals surface area contributed by atoms with Crippen molar-refractivity contribution in [1.29, 1.82) is 0 Å². The molecular weight excluding hydrogens is 300 g/mol. The first kappa shape index (κ1) is 13.0. The molecule has 0 saturated heterocycles. The third-order valence-corrected chi connectivity index (χ3v) is 4.96. The first-order valence-electron chi connectivity index (χ1n) is 6.97. The fourth-order valence-electron chi connectivity index (χ4n) is 2.52. The molecule has 1 aliphatic rings. The van der Waals surface area contributed by atoms with Gasteiger partial charge in [-0.2, -0.15) is 0 Å². The fraction of sp³-hybridized carbons (Fsp3) is 0.176. The van der Waals surface area contributed by atoms with E-state index in [0.717, 1.165) is 21.3 Å². The minimum absolute atomic E-state index is 0.690. The summed E-state index contributed by atoms with van der Waals surface area (Å²) in [7, 11) is 0. The Labute approximate surface area is 132 Å². The standard InChI is InChI=1S/C17H13ClN2S/c18-15-4-2-1-3-13(15)16-10-21-17(20-16)14-9-19-8-7-12(14)11-5-6-11/h1-4,7-11H,5-6H2. The number of hydrogen-bond donors (Lipinski definition) is 0. The highest BCUT2D eigenvalue weighted by Crippen LogP contribution is 2.45. The molecule has 0 atom stereocenters. The molecule has 0 radical (unpaired) electrons. The van der Waals surface area contributed by atoms with Crippen molar-refractivity contribution < 1.29 is 0 Å². The first-order chi connectivity index (χ1) is 10.3. The smallest absolute Gasteiger partial charge is 0.125 e. The molecule has 0 spiro atoms. The largest absolute Gasteiger partial charge is 0.264 e. The van der Waals surface area contributed by atoms with E-state index in [4.69, 9.17) is 16.6 Å². The summed E-state index contributed by atoms with van der Waals surface area (Å²) >= 11 is 7.91. The number of pyridine rings is 1. The van der Waals surface area contributed by atoms with E-state index in [9.17, 15) is 0 Å². The van der Waals surface area contributed by atoms with Crippen LogP contribution < -0.4 is 0 Å². The molecule has 1 saturated carbocycles. The van der Waals surface area contributed by atoms with Crippen LogP contribution in [0, 0.1) is 0 Å².